The summed E-state index contributed by atoms with van der Waals surface area (Å²) in [6.45, 7) is 5.40. The largest absolute Gasteiger partial charge is 0.355 e. The van der Waals surface area contributed by atoms with Gasteiger partial charge >= 0.3 is 0 Å². The van der Waals surface area contributed by atoms with Gasteiger partial charge in [-0.25, -0.2) is 0 Å². The molecule has 2 amide bonds. The summed E-state index contributed by atoms with van der Waals surface area (Å²) in [7, 11) is 0. The van der Waals surface area contributed by atoms with Crippen LogP contribution in [0.5, 0.6) is 0 Å². The van der Waals surface area contributed by atoms with Crippen LogP contribution in [0.3, 0.4) is 0 Å². The SMILES string of the molecule is Cc1ccc([C@@H]2CSCCN2C(=O)CCNC(=O)[C@@H]2C[C@H]2C)cc1. The molecule has 1 saturated carbocycles. The van der Waals surface area contributed by atoms with Crippen LogP contribution in [0.1, 0.15) is 36.9 Å². The fourth-order valence-electron chi connectivity index (χ4n) is 3.22. The van der Waals surface area contributed by atoms with Crippen LogP contribution < -0.4 is 5.32 Å². The molecule has 3 rings (SSSR count). The molecule has 24 heavy (non-hydrogen) atoms. The molecule has 3 atom stereocenters. The van der Waals surface area contributed by atoms with Crippen molar-refractivity contribution in [3.8, 4) is 0 Å². The van der Waals surface area contributed by atoms with Crippen LogP contribution >= 0.6 is 11.8 Å². The van der Waals surface area contributed by atoms with Crippen molar-refractivity contribution >= 4 is 23.6 Å². The van der Waals surface area contributed by atoms with Gasteiger partial charge in [-0.15, -0.1) is 0 Å². The minimum atomic E-state index is 0.111. The number of rotatable bonds is 5. The zero-order valence-corrected chi connectivity index (χ0v) is 15.3. The molecule has 0 aromatic heterocycles. The normalized spacial score (nSPS) is 26.1. The Morgan fingerprint density at radius 2 is 2.00 bits per heavy atom. The number of hydrogen-bond acceptors (Lipinski definition) is 3. The summed E-state index contributed by atoms with van der Waals surface area (Å²) in [6, 6.07) is 8.61. The fourth-order valence-corrected chi connectivity index (χ4v) is 4.31. The third-order valence-electron chi connectivity index (χ3n) is 5.00. The smallest absolute Gasteiger partial charge is 0.224 e. The molecule has 4 nitrogen and oxygen atoms in total. The Labute approximate surface area is 148 Å². The van der Waals surface area contributed by atoms with Gasteiger partial charge < -0.3 is 10.2 Å². The second-order valence-electron chi connectivity index (χ2n) is 6.95. The number of nitrogens with one attached hydrogen (secondary N) is 1. The Balaban J connectivity index is 1.55. The molecule has 5 heteroatoms. The summed E-state index contributed by atoms with van der Waals surface area (Å²) in [5.41, 5.74) is 2.44. The topological polar surface area (TPSA) is 49.4 Å². The molecule has 1 aliphatic heterocycles. The first kappa shape index (κ1) is 17.3. The van der Waals surface area contributed by atoms with Gasteiger partial charge in [-0.2, -0.15) is 11.8 Å². The van der Waals surface area contributed by atoms with E-state index < -0.39 is 0 Å². The van der Waals surface area contributed by atoms with Crippen LogP contribution in [0, 0.1) is 18.8 Å². The van der Waals surface area contributed by atoms with E-state index in [1.165, 1.54) is 11.1 Å². The lowest BCUT2D eigenvalue weighted by molar-refractivity contribution is -0.133. The molecular weight excluding hydrogens is 320 g/mol. The van der Waals surface area contributed by atoms with Gasteiger partial charge in [-0.3, -0.25) is 9.59 Å². The highest BCUT2D eigenvalue weighted by Crippen LogP contribution is 2.37. The maximum Gasteiger partial charge on any atom is 0.224 e. The average molecular weight is 346 g/mol. The van der Waals surface area contributed by atoms with Gasteiger partial charge in [0, 0.05) is 36.9 Å². The summed E-state index contributed by atoms with van der Waals surface area (Å²) in [5.74, 6) is 2.86. The number of hydrogen-bond donors (Lipinski definition) is 1. The molecule has 1 aromatic carbocycles. The number of amides is 2. The van der Waals surface area contributed by atoms with Crippen molar-refractivity contribution in [3.05, 3.63) is 35.4 Å². The van der Waals surface area contributed by atoms with Crippen molar-refractivity contribution in [3.63, 3.8) is 0 Å². The summed E-state index contributed by atoms with van der Waals surface area (Å²) in [5, 5.41) is 2.92. The van der Waals surface area contributed by atoms with E-state index in [1.54, 1.807) is 0 Å². The molecule has 1 saturated heterocycles. The quantitative estimate of drug-likeness (QED) is 0.892. The van der Waals surface area contributed by atoms with Crippen LogP contribution in [0.15, 0.2) is 24.3 Å². The first-order valence-corrected chi connectivity index (χ1v) is 9.93. The molecular formula is C19H26N2O2S. The zero-order chi connectivity index (χ0) is 17.1. The van der Waals surface area contributed by atoms with E-state index >= 15 is 0 Å². The molecule has 1 heterocycles. The lowest BCUT2D eigenvalue weighted by atomic mass is 10.0. The van der Waals surface area contributed by atoms with Crippen LogP contribution in [-0.4, -0.2) is 41.3 Å². The van der Waals surface area contributed by atoms with E-state index in [0.717, 1.165) is 24.5 Å². The Bertz CT molecular complexity index is 602. The highest BCUT2D eigenvalue weighted by Gasteiger charge is 2.38. The lowest BCUT2D eigenvalue weighted by Gasteiger charge is -2.36. The fraction of sp³-hybridized carbons (Fsp3) is 0.579. The molecule has 0 spiro atoms. The van der Waals surface area contributed by atoms with E-state index in [-0.39, 0.29) is 23.8 Å². The van der Waals surface area contributed by atoms with Gasteiger partial charge in [-0.1, -0.05) is 36.8 Å². The minimum absolute atomic E-state index is 0.111. The number of thioether (sulfide) groups is 1. The van der Waals surface area contributed by atoms with Crippen molar-refractivity contribution in [1.29, 1.82) is 0 Å². The van der Waals surface area contributed by atoms with Crippen molar-refractivity contribution in [2.45, 2.75) is 32.7 Å². The van der Waals surface area contributed by atoms with Crippen LogP contribution in [0.2, 0.25) is 0 Å². The molecule has 0 bridgehead atoms. The molecule has 1 N–H and O–H groups in total. The monoisotopic (exact) mass is 346 g/mol. The van der Waals surface area contributed by atoms with Crippen LogP contribution in [-0.2, 0) is 9.59 Å². The van der Waals surface area contributed by atoms with Crippen molar-refractivity contribution < 1.29 is 9.59 Å². The summed E-state index contributed by atoms with van der Waals surface area (Å²) in [6.07, 6.45) is 1.37. The predicted molar refractivity (Wildman–Crippen MR) is 97.9 cm³/mol. The average Bonchev–Trinajstić information content (AvgIpc) is 3.32. The van der Waals surface area contributed by atoms with Crippen LogP contribution in [0.4, 0.5) is 0 Å². The summed E-state index contributed by atoms with van der Waals surface area (Å²) < 4.78 is 0. The third-order valence-corrected chi connectivity index (χ3v) is 6.02. The van der Waals surface area contributed by atoms with Gasteiger partial charge in [0.1, 0.15) is 0 Å². The molecule has 0 unspecified atom stereocenters. The Hall–Kier alpha value is -1.49. The second kappa shape index (κ2) is 7.60. The maximum atomic E-state index is 12.6. The highest BCUT2D eigenvalue weighted by atomic mass is 32.2. The van der Waals surface area contributed by atoms with Crippen molar-refractivity contribution in [2.75, 3.05) is 24.6 Å². The van der Waals surface area contributed by atoms with Gasteiger partial charge in [0.05, 0.1) is 6.04 Å². The van der Waals surface area contributed by atoms with Crippen molar-refractivity contribution in [1.82, 2.24) is 10.2 Å². The molecule has 0 radical (unpaired) electrons. The Morgan fingerprint density at radius 3 is 2.67 bits per heavy atom. The second-order valence-corrected chi connectivity index (χ2v) is 8.10. The Morgan fingerprint density at radius 1 is 1.29 bits per heavy atom. The van der Waals surface area contributed by atoms with E-state index in [2.05, 4.69) is 43.4 Å². The number of benzene rings is 1. The van der Waals surface area contributed by atoms with E-state index in [4.69, 9.17) is 0 Å². The van der Waals surface area contributed by atoms with E-state index in [9.17, 15) is 9.59 Å². The van der Waals surface area contributed by atoms with Crippen LogP contribution in [0.25, 0.3) is 0 Å². The molecule has 2 fully saturated rings. The summed E-state index contributed by atoms with van der Waals surface area (Å²) >= 11 is 1.90. The van der Waals surface area contributed by atoms with Gasteiger partial charge in [0.2, 0.25) is 11.8 Å². The van der Waals surface area contributed by atoms with Gasteiger partial charge in [-0.05, 0) is 24.8 Å². The first-order valence-electron chi connectivity index (χ1n) is 8.77. The molecule has 1 aliphatic carbocycles. The number of carbonyl (C=O) groups is 2. The highest BCUT2D eigenvalue weighted by molar-refractivity contribution is 7.99. The molecule has 1 aromatic rings. The number of aryl methyl sites for hydroxylation is 1. The number of carbonyl (C=O) groups excluding carboxylic acids is 2. The minimum Gasteiger partial charge on any atom is -0.355 e. The van der Waals surface area contributed by atoms with E-state index in [0.29, 0.717) is 18.9 Å². The lowest BCUT2D eigenvalue weighted by Crippen LogP contribution is -2.42. The van der Waals surface area contributed by atoms with Gasteiger partial charge in [0.25, 0.3) is 0 Å². The van der Waals surface area contributed by atoms with E-state index in [1.807, 2.05) is 16.7 Å². The Kier molecular flexibility index (Phi) is 5.49. The number of nitrogens with zero attached hydrogens (tertiary/aromatic N) is 1. The third kappa shape index (κ3) is 4.12. The maximum absolute atomic E-state index is 12.6. The first-order chi connectivity index (χ1) is 11.6. The standard InChI is InChI=1S/C19H26N2O2S/c1-13-3-5-15(6-4-13)17-12-24-10-9-21(17)18(22)7-8-20-19(23)16-11-14(16)2/h3-6,14,16-17H,7-12H2,1-2H3,(H,20,23)/t14-,16-,17+/m1/s1. The summed E-state index contributed by atoms with van der Waals surface area (Å²) in [4.78, 5) is 26.5. The molecule has 130 valence electrons. The van der Waals surface area contributed by atoms with Crippen molar-refractivity contribution in [2.24, 2.45) is 11.8 Å². The predicted octanol–water partition coefficient (Wildman–Crippen LogP) is 2.77. The molecule has 2 aliphatic rings. The zero-order valence-electron chi connectivity index (χ0n) is 14.5. The van der Waals surface area contributed by atoms with Gasteiger partial charge in [0.15, 0.2) is 0 Å².